The highest BCUT2D eigenvalue weighted by atomic mass is 16.3. The van der Waals surface area contributed by atoms with Gasteiger partial charge in [0.2, 0.25) is 0 Å². The zero-order chi connectivity index (χ0) is 12.6. The van der Waals surface area contributed by atoms with E-state index in [2.05, 4.69) is 0 Å². The standard InChI is InChI=1S/C16H28O2/c17-10-16(11-18,15-3-1-2-4-15)9-14-8-12-5-6-13(14)7-12/h12-15,17-18H,1-11H2. The molecule has 18 heavy (non-hydrogen) atoms. The van der Waals surface area contributed by atoms with Crippen LogP contribution in [0.4, 0.5) is 0 Å². The van der Waals surface area contributed by atoms with Crippen molar-refractivity contribution in [3.63, 3.8) is 0 Å². The van der Waals surface area contributed by atoms with Gasteiger partial charge in [0.1, 0.15) is 0 Å². The van der Waals surface area contributed by atoms with Gasteiger partial charge in [0.05, 0.1) is 13.2 Å². The van der Waals surface area contributed by atoms with Crippen molar-refractivity contribution in [3.8, 4) is 0 Å². The summed E-state index contributed by atoms with van der Waals surface area (Å²) in [4.78, 5) is 0. The van der Waals surface area contributed by atoms with Gasteiger partial charge in [0.25, 0.3) is 0 Å². The number of hydrogen-bond acceptors (Lipinski definition) is 2. The van der Waals surface area contributed by atoms with E-state index in [1.165, 1.54) is 51.4 Å². The first-order valence-corrected chi connectivity index (χ1v) is 7.99. The van der Waals surface area contributed by atoms with Crippen LogP contribution >= 0.6 is 0 Å². The minimum Gasteiger partial charge on any atom is -0.396 e. The molecule has 3 unspecified atom stereocenters. The molecule has 0 amide bonds. The fourth-order valence-electron chi connectivity index (χ4n) is 5.29. The van der Waals surface area contributed by atoms with Crippen LogP contribution in [0.2, 0.25) is 0 Å². The molecular formula is C16H28O2. The first-order chi connectivity index (χ1) is 8.77. The Bertz CT molecular complexity index is 279. The molecule has 3 fully saturated rings. The first-order valence-electron chi connectivity index (χ1n) is 7.99. The summed E-state index contributed by atoms with van der Waals surface area (Å²) < 4.78 is 0. The topological polar surface area (TPSA) is 40.5 Å². The Balaban J connectivity index is 1.69. The van der Waals surface area contributed by atoms with Crippen molar-refractivity contribution in [2.75, 3.05) is 13.2 Å². The maximum Gasteiger partial charge on any atom is 0.0512 e. The summed E-state index contributed by atoms with van der Waals surface area (Å²) >= 11 is 0. The second-order valence-electron chi connectivity index (χ2n) is 7.30. The van der Waals surface area contributed by atoms with Crippen molar-refractivity contribution in [1.29, 1.82) is 0 Å². The SMILES string of the molecule is OCC(CO)(CC1CC2CCC1C2)C1CCCC1. The van der Waals surface area contributed by atoms with E-state index in [0.29, 0.717) is 5.92 Å². The molecule has 3 rings (SSSR count). The molecule has 3 aliphatic carbocycles. The average Bonchev–Trinajstić information content (AvgIpc) is 3.12. The molecule has 0 saturated heterocycles. The second-order valence-corrected chi connectivity index (χ2v) is 7.30. The Morgan fingerprint density at radius 1 is 0.889 bits per heavy atom. The third-order valence-corrected chi connectivity index (χ3v) is 6.40. The van der Waals surface area contributed by atoms with Crippen LogP contribution < -0.4 is 0 Å². The lowest BCUT2D eigenvalue weighted by atomic mass is 9.67. The van der Waals surface area contributed by atoms with Crippen LogP contribution in [0.3, 0.4) is 0 Å². The quantitative estimate of drug-likeness (QED) is 0.789. The van der Waals surface area contributed by atoms with Crippen LogP contribution in [0.1, 0.15) is 57.8 Å². The Kier molecular flexibility index (Phi) is 3.68. The van der Waals surface area contributed by atoms with Crippen molar-refractivity contribution in [3.05, 3.63) is 0 Å². The number of rotatable bonds is 5. The van der Waals surface area contributed by atoms with Crippen molar-refractivity contribution in [1.82, 2.24) is 0 Å². The van der Waals surface area contributed by atoms with Gasteiger partial charge in [-0.15, -0.1) is 0 Å². The molecule has 0 spiro atoms. The lowest BCUT2D eigenvalue weighted by Crippen LogP contribution is -2.39. The molecule has 0 aromatic heterocycles. The van der Waals surface area contributed by atoms with E-state index >= 15 is 0 Å². The molecule has 0 heterocycles. The summed E-state index contributed by atoms with van der Waals surface area (Å²) in [6.45, 7) is 0.393. The molecule has 2 nitrogen and oxygen atoms in total. The smallest absolute Gasteiger partial charge is 0.0512 e. The highest BCUT2D eigenvalue weighted by Gasteiger charge is 2.46. The third kappa shape index (κ3) is 2.12. The van der Waals surface area contributed by atoms with Gasteiger partial charge in [-0.3, -0.25) is 0 Å². The minimum absolute atomic E-state index is 0.161. The molecule has 0 aromatic carbocycles. The molecule has 3 aliphatic rings. The van der Waals surface area contributed by atoms with Gasteiger partial charge in [-0.05, 0) is 62.2 Å². The van der Waals surface area contributed by atoms with Crippen LogP contribution in [-0.4, -0.2) is 23.4 Å². The molecule has 0 radical (unpaired) electrons. The van der Waals surface area contributed by atoms with Crippen LogP contribution in [0.15, 0.2) is 0 Å². The predicted molar refractivity (Wildman–Crippen MR) is 72.1 cm³/mol. The normalized spacial score (nSPS) is 36.7. The van der Waals surface area contributed by atoms with Crippen LogP contribution in [-0.2, 0) is 0 Å². The number of aliphatic hydroxyl groups is 2. The lowest BCUT2D eigenvalue weighted by molar-refractivity contribution is -0.0203. The van der Waals surface area contributed by atoms with Crippen molar-refractivity contribution in [2.24, 2.45) is 29.1 Å². The van der Waals surface area contributed by atoms with E-state index in [4.69, 9.17) is 0 Å². The van der Waals surface area contributed by atoms with Crippen LogP contribution in [0.5, 0.6) is 0 Å². The summed E-state index contributed by atoms with van der Waals surface area (Å²) in [5, 5.41) is 19.8. The maximum atomic E-state index is 9.91. The van der Waals surface area contributed by atoms with Gasteiger partial charge in [0, 0.05) is 5.41 Å². The fraction of sp³-hybridized carbons (Fsp3) is 1.00. The van der Waals surface area contributed by atoms with E-state index in [1.807, 2.05) is 0 Å². The number of hydrogen-bond donors (Lipinski definition) is 2. The van der Waals surface area contributed by atoms with E-state index in [-0.39, 0.29) is 18.6 Å². The van der Waals surface area contributed by atoms with Crippen LogP contribution in [0, 0.1) is 29.1 Å². The summed E-state index contributed by atoms with van der Waals surface area (Å²) in [6.07, 6.45) is 11.8. The van der Waals surface area contributed by atoms with E-state index < -0.39 is 0 Å². The van der Waals surface area contributed by atoms with Gasteiger partial charge < -0.3 is 10.2 Å². The molecule has 3 saturated carbocycles. The molecule has 2 heteroatoms. The number of fused-ring (bicyclic) bond motifs is 2. The summed E-state index contributed by atoms with van der Waals surface area (Å²) in [5.41, 5.74) is -0.161. The summed E-state index contributed by atoms with van der Waals surface area (Å²) in [6, 6.07) is 0. The largest absolute Gasteiger partial charge is 0.396 e. The molecule has 0 aliphatic heterocycles. The van der Waals surface area contributed by atoms with E-state index in [1.54, 1.807) is 0 Å². The summed E-state index contributed by atoms with van der Waals surface area (Å²) in [7, 11) is 0. The molecule has 0 aromatic rings. The molecule has 2 N–H and O–H groups in total. The number of aliphatic hydroxyl groups excluding tert-OH is 2. The minimum atomic E-state index is -0.161. The molecule has 104 valence electrons. The predicted octanol–water partition coefficient (Wildman–Crippen LogP) is 2.97. The van der Waals surface area contributed by atoms with Crippen molar-refractivity contribution < 1.29 is 10.2 Å². The van der Waals surface area contributed by atoms with Gasteiger partial charge in [-0.25, -0.2) is 0 Å². The van der Waals surface area contributed by atoms with E-state index in [0.717, 1.165) is 24.2 Å². The summed E-state index contributed by atoms with van der Waals surface area (Å²) in [5.74, 6) is 3.25. The highest BCUT2D eigenvalue weighted by molar-refractivity contribution is 4.96. The molecule has 2 bridgehead atoms. The Morgan fingerprint density at radius 3 is 2.11 bits per heavy atom. The zero-order valence-corrected chi connectivity index (χ0v) is 11.5. The molecular weight excluding hydrogens is 224 g/mol. The lowest BCUT2D eigenvalue weighted by Gasteiger charge is -2.40. The van der Waals surface area contributed by atoms with Gasteiger partial charge in [0.15, 0.2) is 0 Å². The van der Waals surface area contributed by atoms with Gasteiger partial charge in [-0.1, -0.05) is 19.3 Å². The van der Waals surface area contributed by atoms with Crippen LogP contribution in [0.25, 0.3) is 0 Å². The third-order valence-electron chi connectivity index (χ3n) is 6.40. The average molecular weight is 252 g/mol. The highest BCUT2D eigenvalue weighted by Crippen LogP contribution is 2.54. The fourth-order valence-corrected chi connectivity index (χ4v) is 5.29. The Labute approximate surface area is 111 Å². The van der Waals surface area contributed by atoms with Gasteiger partial charge >= 0.3 is 0 Å². The van der Waals surface area contributed by atoms with Gasteiger partial charge in [-0.2, -0.15) is 0 Å². The van der Waals surface area contributed by atoms with Crippen molar-refractivity contribution in [2.45, 2.75) is 57.8 Å². The Morgan fingerprint density at radius 2 is 1.61 bits per heavy atom. The monoisotopic (exact) mass is 252 g/mol. The Hall–Kier alpha value is -0.0800. The second kappa shape index (κ2) is 5.13. The first kappa shape index (κ1) is 12.9. The molecule has 3 atom stereocenters. The van der Waals surface area contributed by atoms with E-state index in [9.17, 15) is 10.2 Å². The maximum absolute atomic E-state index is 9.91. The zero-order valence-electron chi connectivity index (χ0n) is 11.5. The van der Waals surface area contributed by atoms with Crippen molar-refractivity contribution >= 4 is 0 Å².